The first-order valence-electron chi connectivity index (χ1n) is 5.56. The normalized spacial score (nSPS) is 9.56. The van der Waals surface area contributed by atoms with Crippen LogP contribution in [-0.2, 0) is 0 Å². The van der Waals surface area contributed by atoms with Crippen LogP contribution < -0.4 is 5.73 Å². The number of aryl methyl sites for hydroxylation is 1. The number of aromatic nitrogens is 1. The van der Waals surface area contributed by atoms with Crippen molar-refractivity contribution in [3.8, 4) is 12.3 Å². The minimum atomic E-state index is -0.972. The third-order valence-electron chi connectivity index (χ3n) is 2.38. The summed E-state index contributed by atoms with van der Waals surface area (Å²) in [4.78, 5) is 3.12. The molecular weight excluding hydrogens is 234 g/mol. The first-order chi connectivity index (χ1) is 8.54. The third-order valence-corrected chi connectivity index (χ3v) is 2.38. The van der Waals surface area contributed by atoms with Crippen molar-refractivity contribution in [2.75, 3.05) is 5.73 Å². The van der Waals surface area contributed by atoms with Gasteiger partial charge in [0.15, 0.2) is 0 Å². The number of hydrogen-bond acceptors (Lipinski definition) is 2. The second-order valence-electron chi connectivity index (χ2n) is 3.47. The van der Waals surface area contributed by atoms with Gasteiger partial charge in [-0.1, -0.05) is 19.8 Å². The minimum absolute atomic E-state index is 0.0334. The summed E-state index contributed by atoms with van der Waals surface area (Å²) >= 11 is 0. The van der Waals surface area contributed by atoms with Crippen LogP contribution in [0, 0.1) is 31.2 Å². The Hall–Kier alpha value is -2.15. The van der Waals surface area contributed by atoms with Gasteiger partial charge in [-0.2, -0.15) is 13.8 Å². The summed E-state index contributed by atoms with van der Waals surface area (Å²) in [5, 5.41) is 0.494. The van der Waals surface area contributed by atoms with E-state index >= 15 is 0 Å². The molecule has 0 bridgehead atoms. The average Bonchev–Trinajstić information content (AvgIpc) is 2.33. The van der Waals surface area contributed by atoms with Crippen LogP contribution in [0.4, 0.5) is 14.5 Å². The Morgan fingerprint density at radius 1 is 1.22 bits per heavy atom. The van der Waals surface area contributed by atoms with Gasteiger partial charge in [0.25, 0.3) is 0 Å². The number of terminal acetylenes is 1. The van der Waals surface area contributed by atoms with Crippen LogP contribution in [0.15, 0.2) is 12.1 Å². The Morgan fingerprint density at radius 2 is 1.83 bits per heavy atom. The van der Waals surface area contributed by atoms with E-state index in [1.807, 2.05) is 13.8 Å². The number of hydrogen-bond donors (Lipinski definition) is 1. The van der Waals surface area contributed by atoms with Gasteiger partial charge in [0.1, 0.15) is 0 Å². The van der Waals surface area contributed by atoms with Crippen molar-refractivity contribution in [3.05, 3.63) is 35.2 Å². The van der Waals surface area contributed by atoms with E-state index in [1.165, 1.54) is 6.07 Å². The lowest BCUT2D eigenvalue weighted by molar-refractivity contribution is 0.520. The van der Waals surface area contributed by atoms with E-state index in [4.69, 9.17) is 12.2 Å². The fraction of sp³-hybridized carbons (Fsp3) is 0.214. The fourth-order valence-electron chi connectivity index (χ4n) is 1.75. The Labute approximate surface area is 105 Å². The Balaban J connectivity index is 0.000000771. The summed E-state index contributed by atoms with van der Waals surface area (Å²) in [6, 6.07) is 3.01. The molecule has 0 fully saturated rings. The largest absolute Gasteiger partial charge is 0.399 e. The van der Waals surface area contributed by atoms with E-state index in [9.17, 15) is 8.78 Å². The molecule has 0 radical (unpaired) electrons. The zero-order chi connectivity index (χ0) is 13.9. The smallest absolute Gasteiger partial charge is 0.231 e. The van der Waals surface area contributed by atoms with Crippen molar-refractivity contribution in [1.82, 2.24) is 4.98 Å². The highest BCUT2D eigenvalue weighted by Crippen LogP contribution is 2.27. The number of nitrogens with two attached hydrogens (primary N) is 1. The molecule has 0 aliphatic carbocycles. The van der Waals surface area contributed by atoms with E-state index in [2.05, 4.69) is 10.9 Å². The number of anilines is 1. The van der Waals surface area contributed by atoms with Crippen LogP contribution in [0.2, 0.25) is 0 Å². The molecule has 2 N–H and O–H groups in total. The Kier molecular flexibility index (Phi) is 4.22. The van der Waals surface area contributed by atoms with Crippen LogP contribution in [0.3, 0.4) is 0 Å². The predicted octanol–water partition coefficient (Wildman–Crippen LogP) is 3.41. The molecule has 1 heterocycles. The molecule has 1 aromatic carbocycles. The second-order valence-corrected chi connectivity index (χ2v) is 3.47. The van der Waals surface area contributed by atoms with Crippen LogP contribution in [0.1, 0.15) is 25.0 Å². The number of halogens is 2. The summed E-state index contributed by atoms with van der Waals surface area (Å²) in [5.74, 6) is 0.308. The van der Waals surface area contributed by atoms with Gasteiger partial charge in [-0.3, -0.25) is 0 Å². The van der Waals surface area contributed by atoms with Gasteiger partial charge in [-0.25, -0.2) is 0 Å². The topological polar surface area (TPSA) is 38.9 Å². The number of rotatable bonds is 0. The first-order valence-corrected chi connectivity index (χ1v) is 5.56. The van der Waals surface area contributed by atoms with Gasteiger partial charge < -0.3 is 5.73 Å². The zero-order valence-electron chi connectivity index (χ0n) is 10.5. The lowest BCUT2D eigenvalue weighted by Crippen LogP contribution is -1.99. The number of pyridine rings is 1. The monoisotopic (exact) mass is 248 g/mol. The molecule has 0 aliphatic rings. The third kappa shape index (κ3) is 2.25. The molecule has 0 saturated heterocycles. The molecule has 0 atom stereocenters. The molecule has 4 heteroatoms. The maximum Gasteiger partial charge on any atom is 0.231 e. The molecule has 0 saturated carbocycles. The van der Waals surface area contributed by atoms with E-state index in [0.717, 1.165) is 0 Å². The summed E-state index contributed by atoms with van der Waals surface area (Å²) in [7, 11) is 0. The summed E-state index contributed by atoms with van der Waals surface area (Å²) in [5.41, 5.74) is 6.57. The van der Waals surface area contributed by atoms with Crippen molar-refractivity contribution in [2.24, 2.45) is 0 Å². The van der Waals surface area contributed by atoms with Crippen molar-refractivity contribution < 1.29 is 8.78 Å². The first kappa shape index (κ1) is 13.9. The molecule has 1 aromatic heterocycles. The summed E-state index contributed by atoms with van der Waals surface area (Å²) in [6.07, 6.45) is 5.19. The molecule has 94 valence electrons. The minimum Gasteiger partial charge on any atom is -0.399 e. The average molecular weight is 248 g/mol. The molecule has 2 aromatic rings. The molecule has 0 amide bonds. The van der Waals surface area contributed by atoms with Crippen molar-refractivity contribution in [2.45, 2.75) is 20.8 Å². The van der Waals surface area contributed by atoms with Crippen LogP contribution in [-0.4, -0.2) is 4.98 Å². The fourth-order valence-corrected chi connectivity index (χ4v) is 1.75. The molecule has 18 heavy (non-hydrogen) atoms. The molecule has 2 rings (SSSR count). The van der Waals surface area contributed by atoms with Crippen molar-refractivity contribution in [1.29, 1.82) is 0 Å². The van der Waals surface area contributed by atoms with E-state index in [0.29, 0.717) is 16.6 Å². The maximum absolute atomic E-state index is 13.4. The highest BCUT2D eigenvalue weighted by molar-refractivity contribution is 5.92. The van der Waals surface area contributed by atoms with Gasteiger partial charge in [-0.05, 0) is 24.6 Å². The summed E-state index contributed by atoms with van der Waals surface area (Å²) in [6.45, 7) is 5.69. The highest BCUT2D eigenvalue weighted by Gasteiger charge is 2.14. The van der Waals surface area contributed by atoms with Crippen molar-refractivity contribution >= 4 is 16.5 Å². The molecular formula is C14H14F2N2. The van der Waals surface area contributed by atoms with Gasteiger partial charge in [0.2, 0.25) is 11.9 Å². The quantitative estimate of drug-likeness (QED) is 0.441. The highest BCUT2D eigenvalue weighted by atomic mass is 19.1. The molecule has 0 aliphatic heterocycles. The standard InChI is InChI=1S/C12H8F2N2.C2H6/c1-3-8-10-6(2)4-7(15)5-9(10)12(14)16-11(8)13;1-2/h1,4-5H,15H2,2H3;1-2H3. The van der Waals surface area contributed by atoms with Crippen LogP contribution >= 0.6 is 0 Å². The lowest BCUT2D eigenvalue weighted by Gasteiger charge is -2.07. The zero-order valence-corrected chi connectivity index (χ0v) is 10.5. The van der Waals surface area contributed by atoms with Crippen LogP contribution in [0.25, 0.3) is 10.8 Å². The Morgan fingerprint density at radius 3 is 2.39 bits per heavy atom. The van der Waals surface area contributed by atoms with Gasteiger partial charge in [0.05, 0.1) is 5.56 Å². The van der Waals surface area contributed by atoms with Crippen molar-refractivity contribution in [3.63, 3.8) is 0 Å². The van der Waals surface area contributed by atoms with Gasteiger partial charge in [0, 0.05) is 16.5 Å². The SMILES string of the molecule is C#Cc1c(F)nc(F)c2cc(N)cc(C)c12.CC. The summed E-state index contributed by atoms with van der Waals surface area (Å²) < 4.78 is 26.8. The van der Waals surface area contributed by atoms with Gasteiger partial charge >= 0.3 is 0 Å². The number of benzene rings is 1. The number of fused-ring (bicyclic) bond motifs is 1. The van der Waals surface area contributed by atoms with Gasteiger partial charge in [-0.15, -0.1) is 6.42 Å². The predicted molar refractivity (Wildman–Crippen MR) is 70.1 cm³/mol. The van der Waals surface area contributed by atoms with E-state index in [1.54, 1.807) is 13.0 Å². The number of nitrogen functional groups attached to an aromatic ring is 1. The van der Waals surface area contributed by atoms with Crippen LogP contribution in [0.5, 0.6) is 0 Å². The molecule has 0 unspecified atom stereocenters. The molecule has 2 nitrogen and oxygen atoms in total. The number of nitrogens with zero attached hydrogens (tertiary/aromatic N) is 1. The molecule has 0 spiro atoms. The van der Waals surface area contributed by atoms with E-state index in [-0.39, 0.29) is 10.9 Å². The second kappa shape index (κ2) is 5.46. The van der Waals surface area contributed by atoms with E-state index < -0.39 is 11.9 Å². The lowest BCUT2D eigenvalue weighted by atomic mass is 10.0. The Bertz CT molecular complexity index is 628. The maximum atomic E-state index is 13.4.